The maximum Gasteiger partial charge on any atom is 0.253 e. The number of amides is 1. The minimum absolute atomic E-state index is 0.125. The smallest absolute Gasteiger partial charge is 0.253 e. The van der Waals surface area contributed by atoms with Gasteiger partial charge < -0.3 is 19.6 Å². The van der Waals surface area contributed by atoms with Crippen LogP contribution in [0.4, 0.5) is 5.82 Å². The molecule has 0 bridgehead atoms. The van der Waals surface area contributed by atoms with Crippen LogP contribution in [0.3, 0.4) is 0 Å². The number of likely N-dealkylation sites (tertiary alicyclic amines) is 1. The van der Waals surface area contributed by atoms with Gasteiger partial charge in [-0.15, -0.1) is 0 Å². The summed E-state index contributed by atoms with van der Waals surface area (Å²) in [4.78, 5) is 27.5. The Morgan fingerprint density at radius 2 is 2.03 bits per heavy atom. The number of ether oxygens (including phenoxy) is 1. The first-order valence-corrected chi connectivity index (χ1v) is 11.4. The lowest BCUT2D eigenvalue weighted by Gasteiger charge is -2.29. The molecular weight excluding hydrogens is 406 g/mol. The van der Waals surface area contributed by atoms with E-state index in [0.29, 0.717) is 37.4 Å². The van der Waals surface area contributed by atoms with Gasteiger partial charge in [0.1, 0.15) is 30.1 Å². The molecular formula is C24H33N5O3. The van der Waals surface area contributed by atoms with Gasteiger partial charge in [0, 0.05) is 44.0 Å². The van der Waals surface area contributed by atoms with Gasteiger partial charge in [0.25, 0.3) is 5.91 Å². The van der Waals surface area contributed by atoms with Gasteiger partial charge in [-0.2, -0.15) is 0 Å². The molecule has 32 heavy (non-hydrogen) atoms. The SMILES string of the molecule is Cc1cc(N2CC[C@](O)(CN(C)C(=O)c3cccc(OCCN4CCCC4)c3)C2)ncn1. The maximum absolute atomic E-state index is 13.0. The highest BCUT2D eigenvalue weighted by Gasteiger charge is 2.38. The zero-order valence-electron chi connectivity index (χ0n) is 19.0. The summed E-state index contributed by atoms with van der Waals surface area (Å²) in [6.45, 7) is 7.11. The number of anilines is 1. The lowest BCUT2D eigenvalue weighted by Crippen LogP contribution is -2.46. The molecule has 0 spiro atoms. The van der Waals surface area contributed by atoms with Gasteiger partial charge in [-0.3, -0.25) is 9.69 Å². The van der Waals surface area contributed by atoms with Gasteiger partial charge in [-0.05, 0) is 57.5 Å². The van der Waals surface area contributed by atoms with Crippen LogP contribution in [0.2, 0.25) is 0 Å². The molecule has 0 unspecified atom stereocenters. The molecule has 4 rings (SSSR count). The van der Waals surface area contributed by atoms with Crippen molar-refractivity contribution in [1.29, 1.82) is 0 Å². The third-order valence-corrected chi connectivity index (χ3v) is 6.28. The minimum atomic E-state index is -0.979. The Hall–Kier alpha value is -2.71. The van der Waals surface area contributed by atoms with Crippen molar-refractivity contribution in [2.45, 2.75) is 31.8 Å². The van der Waals surface area contributed by atoms with Gasteiger partial charge in [-0.1, -0.05) is 6.07 Å². The highest BCUT2D eigenvalue weighted by molar-refractivity contribution is 5.94. The Balaban J connectivity index is 1.32. The van der Waals surface area contributed by atoms with Crippen LogP contribution in [0, 0.1) is 6.92 Å². The highest BCUT2D eigenvalue weighted by Crippen LogP contribution is 2.27. The lowest BCUT2D eigenvalue weighted by atomic mass is 10.0. The number of carbonyl (C=O) groups is 1. The highest BCUT2D eigenvalue weighted by atomic mass is 16.5. The fourth-order valence-electron chi connectivity index (χ4n) is 4.55. The summed E-state index contributed by atoms with van der Waals surface area (Å²) in [6.07, 6.45) is 4.64. The standard InChI is InChI=1S/C24H33N5O3/c1-19-14-22(26-18-25-19)29-11-8-24(31,17-29)16-27(2)23(30)20-6-5-7-21(15-20)32-13-12-28-9-3-4-10-28/h5-7,14-15,18,31H,3-4,8-13,16-17H2,1-2H3/t24-/m0/s1. The number of aryl methyl sites for hydroxylation is 1. The third-order valence-electron chi connectivity index (χ3n) is 6.28. The largest absolute Gasteiger partial charge is 0.492 e. The van der Waals surface area contributed by atoms with Crippen molar-refractivity contribution in [3.05, 3.63) is 47.9 Å². The number of aromatic nitrogens is 2. The van der Waals surface area contributed by atoms with E-state index in [1.54, 1.807) is 24.1 Å². The molecule has 1 amide bonds. The molecule has 2 aliphatic heterocycles. The van der Waals surface area contributed by atoms with Crippen LogP contribution in [0.5, 0.6) is 5.75 Å². The predicted octanol–water partition coefficient (Wildman–Crippen LogP) is 1.97. The summed E-state index contributed by atoms with van der Waals surface area (Å²) in [6, 6.07) is 9.22. The molecule has 172 valence electrons. The van der Waals surface area contributed by atoms with Crippen LogP contribution in [0.1, 0.15) is 35.3 Å². The molecule has 0 radical (unpaired) electrons. The van der Waals surface area contributed by atoms with Crippen molar-refractivity contribution < 1.29 is 14.6 Å². The molecule has 0 aliphatic carbocycles. The Labute approximate surface area is 189 Å². The Bertz CT molecular complexity index is 933. The first kappa shape index (κ1) is 22.5. The van der Waals surface area contributed by atoms with Crippen LogP contribution in [-0.4, -0.2) is 89.3 Å². The van der Waals surface area contributed by atoms with Gasteiger partial charge in [0.15, 0.2) is 0 Å². The summed E-state index contributed by atoms with van der Waals surface area (Å²) in [7, 11) is 1.73. The number of rotatable bonds is 8. The van der Waals surface area contributed by atoms with Crippen LogP contribution < -0.4 is 9.64 Å². The molecule has 0 saturated carbocycles. The number of likely N-dealkylation sites (N-methyl/N-ethyl adjacent to an activating group) is 1. The van der Waals surface area contributed by atoms with Gasteiger partial charge >= 0.3 is 0 Å². The first-order valence-electron chi connectivity index (χ1n) is 11.4. The van der Waals surface area contributed by atoms with Crippen LogP contribution in [0.25, 0.3) is 0 Å². The van der Waals surface area contributed by atoms with E-state index in [9.17, 15) is 9.90 Å². The quantitative estimate of drug-likeness (QED) is 0.673. The van der Waals surface area contributed by atoms with Gasteiger partial charge in [-0.25, -0.2) is 9.97 Å². The fourth-order valence-corrected chi connectivity index (χ4v) is 4.55. The van der Waals surface area contributed by atoms with Crippen molar-refractivity contribution >= 4 is 11.7 Å². The van der Waals surface area contributed by atoms with E-state index in [-0.39, 0.29) is 12.5 Å². The monoisotopic (exact) mass is 439 g/mol. The summed E-state index contributed by atoms with van der Waals surface area (Å²) >= 11 is 0. The number of hydrogen-bond donors (Lipinski definition) is 1. The summed E-state index contributed by atoms with van der Waals surface area (Å²) in [5, 5.41) is 11.1. The molecule has 1 aromatic heterocycles. The lowest BCUT2D eigenvalue weighted by molar-refractivity contribution is 0.0264. The minimum Gasteiger partial charge on any atom is -0.492 e. The normalized spacial score (nSPS) is 21.2. The van der Waals surface area contributed by atoms with Crippen molar-refractivity contribution in [2.24, 2.45) is 0 Å². The average molecular weight is 440 g/mol. The van der Waals surface area contributed by atoms with Crippen LogP contribution in [-0.2, 0) is 0 Å². The molecule has 2 saturated heterocycles. The van der Waals surface area contributed by atoms with Gasteiger partial charge in [0.2, 0.25) is 0 Å². The van der Waals surface area contributed by atoms with E-state index < -0.39 is 5.60 Å². The molecule has 2 aliphatic rings. The Morgan fingerprint density at radius 3 is 2.81 bits per heavy atom. The van der Waals surface area contributed by atoms with Crippen molar-refractivity contribution in [2.75, 3.05) is 57.8 Å². The number of aliphatic hydroxyl groups is 1. The summed E-state index contributed by atoms with van der Waals surface area (Å²) in [5.74, 6) is 1.38. The average Bonchev–Trinajstić information content (AvgIpc) is 3.43. The Morgan fingerprint density at radius 1 is 1.22 bits per heavy atom. The molecule has 2 fully saturated rings. The van der Waals surface area contributed by atoms with Crippen molar-refractivity contribution in [3.63, 3.8) is 0 Å². The number of nitrogens with zero attached hydrogens (tertiary/aromatic N) is 5. The second-order valence-corrected chi connectivity index (χ2v) is 9.00. The summed E-state index contributed by atoms with van der Waals surface area (Å²) < 4.78 is 5.88. The molecule has 1 aromatic carbocycles. The van der Waals surface area contributed by atoms with E-state index in [1.807, 2.05) is 30.0 Å². The second-order valence-electron chi connectivity index (χ2n) is 9.00. The molecule has 3 heterocycles. The number of benzene rings is 1. The zero-order chi connectivity index (χ0) is 22.6. The first-order chi connectivity index (χ1) is 15.4. The molecule has 8 heteroatoms. The van der Waals surface area contributed by atoms with E-state index in [0.717, 1.165) is 31.1 Å². The van der Waals surface area contributed by atoms with E-state index in [1.165, 1.54) is 19.2 Å². The van der Waals surface area contributed by atoms with Gasteiger partial charge in [0.05, 0.1) is 6.54 Å². The second kappa shape index (κ2) is 9.83. The number of β-amino-alcohol motifs (C(OH)–C–C–N with tert-alkyl or cyclic N) is 1. The molecule has 1 atom stereocenters. The number of carbonyl (C=O) groups excluding carboxylic acids is 1. The third kappa shape index (κ3) is 5.55. The molecule has 1 N–H and O–H groups in total. The van der Waals surface area contributed by atoms with Crippen molar-refractivity contribution in [1.82, 2.24) is 19.8 Å². The Kier molecular flexibility index (Phi) is 6.91. The van der Waals surface area contributed by atoms with Crippen LogP contribution in [0.15, 0.2) is 36.7 Å². The summed E-state index contributed by atoms with van der Waals surface area (Å²) in [5.41, 5.74) is 0.476. The maximum atomic E-state index is 13.0. The predicted molar refractivity (Wildman–Crippen MR) is 123 cm³/mol. The molecule has 8 nitrogen and oxygen atoms in total. The van der Waals surface area contributed by atoms with E-state index in [2.05, 4.69) is 14.9 Å². The zero-order valence-corrected chi connectivity index (χ0v) is 19.0. The van der Waals surface area contributed by atoms with Crippen LogP contribution >= 0.6 is 0 Å². The topological polar surface area (TPSA) is 82.0 Å². The number of hydrogen-bond acceptors (Lipinski definition) is 7. The fraction of sp³-hybridized carbons (Fsp3) is 0.542. The molecule has 2 aromatic rings. The van der Waals surface area contributed by atoms with Crippen molar-refractivity contribution in [3.8, 4) is 5.75 Å². The van der Waals surface area contributed by atoms with E-state index >= 15 is 0 Å². The van der Waals surface area contributed by atoms with E-state index in [4.69, 9.17) is 4.74 Å².